The summed E-state index contributed by atoms with van der Waals surface area (Å²) in [4.78, 5) is 38.9. The van der Waals surface area contributed by atoms with Gasteiger partial charge in [-0.2, -0.15) is 13.2 Å². The van der Waals surface area contributed by atoms with Crippen LogP contribution in [-0.2, 0) is 16.1 Å². The summed E-state index contributed by atoms with van der Waals surface area (Å²) >= 11 is 0. The first kappa shape index (κ1) is 30.3. The van der Waals surface area contributed by atoms with Gasteiger partial charge in [0.2, 0.25) is 0 Å². The van der Waals surface area contributed by atoms with E-state index in [2.05, 4.69) is 0 Å². The summed E-state index contributed by atoms with van der Waals surface area (Å²) in [7, 11) is 0. The molecule has 2 fully saturated rings. The maximum Gasteiger partial charge on any atom is 0.490 e. The van der Waals surface area contributed by atoms with E-state index in [0.717, 1.165) is 5.56 Å². The molecule has 4 rings (SSSR count). The summed E-state index contributed by atoms with van der Waals surface area (Å²) in [6.07, 6.45) is -4.90. The van der Waals surface area contributed by atoms with E-state index in [9.17, 15) is 32.9 Å². The van der Waals surface area contributed by atoms with Crippen LogP contribution in [-0.4, -0.2) is 71.7 Å². The van der Waals surface area contributed by atoms with Crippen molar-refractivity contribution in [3.05, 3.63) is 69.8 Å². The van der Waals surface area contributed by atoms with Crippen LogP contribution < -0.4 is 4.74 Å². The van der Waals surface area contributed by atoms with Gasteiger partial charge in [-0.3, -0.25) is 19.8 Å². The van der Waals surface area contributed by atoms with Crippen molar-refractivity contribution in [3.8, 4) is 5.75 Å². The molecule has 1 amide bonds. The highest BCUT2D eigenvalue weighted by molar-refractivity contribution is 5.94. The molecule has 0 N–H and O–H groups in total. The summed E-state index contributed by atoms with van der Waals surface area (Å²) in [6.45, 7) is 6.26. The maximum absolute atomic E-state index is 13.2. The molecule has 2 aliphatic heterocycles. The number of esters is 1. The van der Waals surface area contributed by atoms with E-state index >= 15 is 0 Å². The third-order valence-corrected chi connectivity index (χ3v) is 7.82. The number of carbonyl (C=O) groups excluding carboxylic acids is 2. The molecule has 41 heavy (non-hydrogen) atoms. The molecule has 1 atom stereocenters. The van der Waals surface area contributed by atoms with E-state index in [0.29, 0.717) is 56.2 Å². The lowest BCUT2D eigenvalue weighted by molar-refractivity contribution is -0.384. The number of nitrogens with zero attached hydrogens (tertiary/aromatic N) is 3. The van der Waals surface area contributed by atoms with Gasteiger partial charge in [0.1, 0.15) is 11.9 Å². The standard InChI is InChI=1S/C29H34F3N3O6/c1-20(2)19-40-24-6-4-3-5-22(24)17-33-14-11-28(25(18-33)41-27(37)29(30,31)32)12-15-34(16-13-28)26(36)21-7-9-23(10-8-21)35(38)39/h3-10,20,25H,11-19H2,1-2H3. The highest BCUT2D eigenvalue weighted by Gasteiger charge is 2.51. The predicted molar refractivity (Wildman–Crippen MR) is 143 cm³/mol. The second-order valence-electron chi connectivity index (χ2n) is 11.1. The number of rotatable bonds is 8. The lowest BCUT2D eigenvalue weighted by atomic mass is 9.69. The number of likely N-dealkylation sites (tertiary alicyclic amines) is 2. The van der Waals surface area contributed by atoms with E-state index in [1.807, 2.05) is 43.0 Å². The summed E-state index contributed by atoms with van der Waals surface area (Å²) in [5.74, 6) is -1.49. The van der Waals surface area contributed by atoms with Gasteiger partial charge in [-0.05, 0) is 49.9 Å². The monoisotopic (exact) mass is 577 g/mol. The molecule has 1 unspecified atom stereocenters. The Labute approximate surface area is 236 Å². The Bertz CT molecular complexity index is 1240. The molecule has 0 aliphatic carbocycles. The third-order valence-electron chi connectivity index (χ3n) is 7.82. The second kappa shape index (κ2) is 12.5. The number of hydrogen-bond donors (Lipinski definition) is 0. The van der Waals surface area contributed by atoms with Crippen molar-refractivity contribution in [1.82, 2.24) is 9.80 Å². The number of alkyl halides is 3. The number of benzene rings is 2. The molecule has 9 nitrogen and oxygen atoms in total. The van der Waals surface area contributed by atoms with Crippen LogP contribution in [0.1, 0.15) is 49.0 Å². The zero-order valence-corrected chi connectivity index (χ0v) is 23.1. The number of halogens is 3. The van der Waals surface area contributed by atoms with Crippen LogP contribution in [0, 0.1) is 21.4 Å². The molecule has 0 bridgehead atoms. The van der Waals surface area contributed by atoms with E-state index < -0.39 is 28.6 Å². The summed E-state index contributed by atoms with van der Waals surface area (Å²) in [6, 6.07) is 12.8. The SMILES string of the molecule is CC(C)COc1ccccc1CN1CCC2(CCN(C(=O)c3ccc([N+](=O)[O-])cc3)CC2)C(OC(=O)C(F)(F)F)C1. The zero-order valence-electron chi connectivity index (χ0n) is 23.1. The topological polar surface area (TPSA) is 102 Å². The van der Waals surface area contributed by atoms with Crippen LogP contribution in [0.25, 0.3) is 0 Å². The minimum atomic E-state index is -5.12. The first-order valence-corrected chi connectivity index (χ1v) is 13.6. The number of nitro groups is 1. The molecular formula is C29H34F3N3O6. The van der Waals surface area contributed by atoms with Crippen LogP contribution in [0.2, 0.25) is 0 Å². The molecule has 2 saturated heterocycles. The Balaban J connectivity index is 1.47. The van der Waals surface area contributed by atoms with Crippen LogP contribution in [0.15, 0.2) is 48.5 Å². The van der Waals surface area contributed by atoms with E-state index in [4.69, 9.17) is 9.47 Å². The number of nitro benzene ring substituents is 1. The largest absolute Gasteiger partial charge is 0.493 e. The lowest BCUT2D eigenvalue weighted by Crippen LogP contribution is -2.57. The van der Waals surface area contributed by atoms with Gasteiger partial charge in [0.15, 0.2) is 0 Å². The number of amides is 1. The molecule has 2 aromatic carbocycles. The van der Waals surface area contributed by atoms with Crippen molar-refractivity contribution < 1.29 is 37.2 Å². The van der Waals surface area contributed by atoms with Gasteiger partial charge in [0.05, 0.1) is 11.5 Å². The first-order valence-electron chi connectivity index (χ1n) is 13.6. The lowest BCUT2D eigenvalue weighted by Gasteiger charge is -2.51. The average molecular weight is 578 g/mol. The number of piperidine rings is 2. The molecule has 0 radical (unpaired) electrons. The fourth-order valence-corrected chi connectivity index (χ4v) is 5.47. The summed E-state index contributed by atoms with van der Waals surface area (Å²) in [5.41, 5.74) is 0.347. The molecule has 0 aromatic heterocycles. The Hall–Kier alpha value is -3.67. The molecule has 2 aliphatic rings. The zero-order chi connectivity index (χ0) is 29.8. The number of carbonyl (C=O) groups is 2. The van der Waals surface area contributed by atoms with Crippen LogP contribution in [0.5, 0.6) is 5.75 Å². The Morgan fingerprint density at radius 3 is 2.29 bits per heavy atom. The van der Waals surface area contributed by atoms with Crippen molar-refractivity contribution in [3.63, 3.8) is 0 Å². The number of ether oxygens (including phenoxy) is 2. The smallest absolute Gasteiger partial charge is 0.490 e. The Morgan fingerprint density at radius 2 is 1.68 bits per heavy atom. The van der Waals surface area contributed by atoms with Gasteiger partial charge >= 0.3 is 12.1 Å². The fourth-order valence-electron chi connectivity index (χ4n) is 5.47. The van der Waals surface area contributed by atoms with Gasteiger partial charge < -0.3 is 14.4 Å². The quantitative estimate of drug-likeness (QED) is 0.241. The normalized spacial score (nSPS) is 19.3. The number of para-hydroxylation sites is 1. The fraction of sp³-hybridized carbons (Fsp3) is 0.517. The van der Waals surface area contributed by atoms with E-state index in [1.165, 1.54) is 24.3 Å². The van der Waals surface area contributed by atoms with Gasteiger partial charge in [0, 0.05) is 54.9 Å². The van der Waals surface area contributed by atoms with Crippen LogP contribution in [0.4, 0.5) is 18.9 Å². The van der Waals surface area contributed by atoms with Crippen LogP contribution >= 0.6 is 0 Å². The summed E-state index contributed by atoms with van der Waals surface area (Å²) < 4.78 is 50.8. The number of non-ortho nitro benzene ring substituents is 1. The molecule has 0 saturated carbocycles. The van der Waals surface area contributed by atoms with Crippen molar-refractivity contribution >= 4 is 17.6 Å². The molecule has 1 spiro atoms. The Kier molecular flexibility index (Phi) is 9.21. The van der Waals surface area contributed by atoms with Crippen molar-refractivity contribution in [2.45, 2.75) is 51.9 Å². The van der Waals surface area contributed by atoms with Crippen molar-refractivity contribution in [1.29, 1.82) is 0 Å². The van der Waals surface area contributed by atoms with Crippen molar-refractivity contribution in [2.75, 3.05) is 32.8 Å². The van der Waals surface area contributed by atoms with Gasteiger partial charge in [-0.15, -0.1) is 0 Å². The highest BCUT2D eigenvalue weighted by Crippen LogP contribution is 2.44. The minimum Gasteiger partial charge on any atom is -0.493 e. The molecule has 2 aromatic rings. The van der Waals surface area contributed by atoms with Crippen LogP contribution in [0.3, 0.4) is 0 Å². The molecule has 222 valence electrons. The van der Waals surface area contributed by atoms with E-state index in [1.54, 1.807) is 4.90 Å². The number of hydrogen-bond acceptors (Lipinski definition) is 7. The van der Waals surface area contributed by atoms with Gasteiger partial charge in [0.25, 0.3) is 11.6 Å². The highest BCUT2D eigenvalue weighted by atomic mass is 19.4. The van der Waals surface area contributed by atoms with Gasteiger partial charge in [-0.1, -0.05) is 32.0 Å². The molecule has 12 heteroatoms. The third kappa shape index (κ3) is 7.35. The minimum absolute atomic E-state index is 0.122. The van der Waals surface area contributed by atoms with E-state index in [-0.39, 0.29) is 31.2 Å². The second-order valence-corrected chi connectivity index (χ2v) is 11.1. The van der Waals surface area contributed by atoms with Crippen molar-refractivity contribution in [2.24, 2.45) is 11.3 Å². The molecular weight excluding hydrogens is 543 g/mol. The predicted octanol–water partition coefficient (Wildman–Crippen LogP) is 5.23. The first-order chi connectivity index (χ1) is 19.4. The van der Waals surface area contributed by atoms with Gasteiger partial charge in [-0.25, -0.2) is 4.79 Å². The maximum atomic E-state index is 13.2. The summed E-state index contributed by atoms with van der Waals surface area (Å²) in [5, 5.41) is 10.9. The average Bonchev–Trinajstić information content (AvgIpc) is 2.94. The molecule has 2 heterocycles. The Morgan fingerprint density at radius 1 is 1.05 bits per heavy atom.